The van der Waals surface area contributed by atoms with Gasteiger partial charge in [-0.3, -0.25) is 9.38 Å². The number of nitrogens with zero attached hydrogens (tertiary/aromatic N) is 4. The summed E-state index contributed by atoms with van der Waals surface area (Å²) in [5, 5.41) is 8.28. The third-order valence-corrected chi connectivity index (χ3v) is 3.39. The fraction of sp³-hybridized carbons (Fsp3) is 0.545. The molecule has 2 aromatic heterocycles. The lowest BCUT2D eigenvalue weighted by Gasteiger charge is -2.21. The summed E-state index contributed by atoms with van der Waals surface area (Å²) in [5.41, 5.74) is 7.06. The molecule has 0 spiro atoms. The van der Waals surface area contributed by atoms with Gasteiger partial charge in [-0.25, -0.2) is 0 Å². The van der Waals surface area contributed by atoms with Gasteiger partial charge in [0.25, 0.3) is 0 Å². The van der Waals surface area contributed by atoms with Crippen molar-refractivity contribution in [3.63, 3.8) is 0 Å². The third-order valence-electron chi connectivity index (χ3n) is 3.39. The Kier molecular flexibility index (Phi) is 2.14. The van der Waals surface area contributed by atoms with Crippen LogP contribution in [-0.4, -0.2) is 25.1 Å². The van der Waals surface area contributed by atoms with Crippen molar-refractivity contribution >= 4 is 5.65 Å². The van der Waals surface area contributed by atoms with E-state index in [1.165, 1.54) is 12.8 Å². The quantitative estimate of drug-likeness (QED) is 0.812. The number of nitrogens with two attached hydrogens (primary N) is 1. The third kappa shape index (κ3) is 1.57. The Hall–Kier alpha value is -1.49. The first-order valence-electron chi connectivity index (χ1n) is 5.69. The van der Waals surface area contributed by atoms with Crippen LogP contribution in [0.25, 0.3) is 5.65 Å². The van der Waals surface area contributed by atoms with Crippen LogP contribution >= 0.6 is 0 Å². The highest BCUT2D eigenvalue weighted by Gasteiger charge is 2.31. The minimum Gasteiger partial charge on any atom is -0.325 e. The molecule has 84 valence electrons. The second-order valence-corrected chi connectivity index (χ2v) is 4.67. The Bertz CT molecular complexity index is 498. The molecule has 0 radical (unpaired) electrons. The second-order valence-electron chi connectivity index (χ2n) is 4.67. The van der Waals surface area contributed by atoms with Gasteiger partial charge in [0.05, 0.1) is 6.20 Å². The van der Waals surface area contributed by atoms with Gasteiger partial charge in [0.2, 0.25) is 0 Å². The van der Waals surface area contributed by atoms with Crippen molar-refractivity contribution in [1.82, 2.24) is 19.6 Å². The molecule has 2 heterocycles. The zero-order chi connectivity index (χ0) is 11.0. The minimum absolute atomic E-state index is 0.0771. The molecule has 0 aliphatic heterocycles. The molecule has 2 aromatic rings. The van der Waals surface area contributed by atoms with Gasteiger partial charge < -0.3 is 5.73 Å². The molecule has 0 amide bonds. The van der Waals surface area contributed by atoms with Crippen molar-refractivity contribution in [2.24, 2.45) is 5.73 Å². The van der Waals surface area contributed by atoms with E-state index >= 15 is 0 Å². The van der Waals surface area contributed by atoms with E-state index in [0.717, 1.165) is 30.7 Å². The normalized spacial score (nSPS) is 19.3. The molecule has 0 atom stereocenters. The van der Waals surface area contributed by atoms with E-state index in [9.17, 15) is 0 Å². The molecule has 0 bridgehead atoms. The van der Waals surface area contributed by atoms with Crippen LogP contribution < -0.4 is 5.73 Å². The van der Waals surface area contributed by atoms with Gasteiger partial charge in [-0.05, 0) is 12.8 Å². The van der Waals surface area contributed by atoms with E-state index in [1.807, 2.05) is 10.6 Å². The van der Waals surface area contributed by atoms with Crippen molar-refractivity contribution < 1.29 is 0 Å². The number of aromatic nitrogens is 4. The van der Waals surface area contributed by atoms with Crippen LogP contribution in [0.4, 0.5) is 0 Å². The van der Waals surface area contributed by atoms with Crippen molar-refractivity contribution in [1.29, 1.82) is 0 Å². The summed E-state index contributed by atoms with van der Waals surface area (Å²) in [6.45, 7) is 0. The highest BCUT2D eigenvalue weighted by Crippen LogP contribution is 2.29. The van der Waals surface area contributed by atoms with Crippen molar-refractivity contribution in [2.45, 2.75) is 37.6 Å². The number of rotatable bonds is 2. The fourth-order valence-corrected chi connectivity index (χ4v) is 2.49. The number of hydrogen-bond donors (Lipinski definition) is 1. The second kappa shape index (κ2) is 3.52. The molecule has 3 rings (SSSR count). The van der Waals surface area contributed by atoms with Crippen LogP contribution in [0.2, 0.25) is 0 Å². The summed E-state index contributed by atoms with van der Waals surface area (Å²) in [5.74, 6) is 0.946. The van der Waals surface area contributed by atoms with Crippen molar-refractivity contribution in [3.05, 3.63) is 24.4 Å². The maximum atomic E-state index is 6.34. The Morgan fingerprint density at radius 1 is 1.31 bits per heavy atom. The van der Waals surface area contributed by atoms with Gasteiger partial charge in [0.1, 0.15) is 5.82 Å². The number of fused-ring (bicyclic) bond motifs is 1. The zero-order valence-corrected chi connectivity index (χ0v) is 9.13. The lowest BCUT2D eigenvalue weighted by atomic mass is 9.94. The fourth-order valence-electron chi connectivity index (χ4n) is 2.49. The first-order chi connectivity index (χ1) is 7.77. The molecule has 1 fully saturated rings. The zero-order valence-electron chi connectivity index (χ0n) is 9.13. The molecule has 0 unspecified atom stereocenters. The SMILES string of the molecule is NC1(Cc2nnc3cnccn23)CCCC1. The largest absolute Gasteiger partial charge is 0.325 e. The summed E-state index contributed by atoms with van der Waals surface area (Å²) < 4.78 is 1.97. The van der Waals surface area contributed by atoms with E-state index in [0.29, 0.717) is 0 Å². The highest BCUT2D eigenvalue weighted by molar-refractivity contribution is 5.34. The van der Waals surface area contributed by atoms with Gasteiger partial charge in [-0.2, -0.15) is 0 Å². The molecule has 1 aliphatic rings. The smallest absolute Gasteiger partial charge is 0.179 e. The Morgan fingerprint density at radius 3 is 2.94 bits per heavy atom. The predicted octanol–water partition coefficient (Wildman–Crippen LogP) is 0.938. The molecular weight excluding hydrogens is 202 g/mol. The van der Waals surface area contributed by atoms with Gasteiger partial charge in [0, 0.05) is 24.4 Å². The van der Waals surface area contributed by atoms with Crippen LogP contribution in [0.1, 0.15) is 31.5 Å². The lowest BCUT2D eigenvalue weighted by Crippen LogP contribution is -2.39. The Labute approximate surface area is 93.7 Å². The maximum absolute atomic E-state index is 6.34. The van der Waals surface area contributed by atoms with Gasteiger partial charge in [0.15, 0.2) is 5.65 Å². The summed E-state index contributed by atoms with van der Waals surface area (Å²) in [6, 6.07) is 0. The average molecular weight is 217 g/mol. The molecule has 16 heavy (non-hydrogen) atoms. The van der Waals surface area contributed by atoms with Crippen molar-refractivity contribution in [3.8, 4) is 0 Å². The summed E-state index contributed by atoms with van der Waals surface area (Å²) in [7, 11) is 0. The van der Waals surface area contributed by atoms with E-state index in [4.69, 9.17) is 5.73 Å². The topological polar surface area (TPSA) is 69.1 Å². The van der Waals surface area contributed by atoms with Gasteiger partial charge in [-0.15, -0.1) is 10.2 Å². The van der Waals surface area contributed by atoms with Gasteiger partial charge >= 0.3 is 0 Å². The van der Waals surface area contributed by atoms with Crippen LogP contribution in [0.5, 0.6) is 0 Å². The summed E-state index contributed by atoms with van der Waals surface area (Å²) in [6.07, 6.45) is 10.8. The highest BCUT2D eigenvalue weighted by atomic mass is 15.3. The molecular formula is C11H15N5. The minimum atomic E-state index is -0.0771. The first-order valence-corrected chi connectivity index (χ1v) is 5.69. The summed E-state index contributed by atoms with van der Waals surface area (Å²) in [4.78, 5) is 4.02. The Morgan fingerprint density at radius 2 is 2.12 bits per heavy atom. The molecule has 5 heteroatoms. The molecule has 2 N–H and O–H groups in total. The van der Waals surface area contributed by atoms with Crippen LogP contribution in [0.3, 0.4) is 0 Å². The Balaban J connectivity index is 1.94. The molecule has 0 saturated heterocycles. The van der Waals surface area contributed by atoms with Crippen molar-refractivity contribution in [2.75, 3.05) is 0 Å². The van der Waals surface area contributed by atoms with E-state index in [2.05, 4.69) is 15.2 Å². The van der Waals surface area contributed by atoms with Gasteiger partial charge in [-0.1, -0.05) is 12.8 Å². The lowest BCUT2D eigenvalue weighted by molar-refractivity contribution is 0.425. The van der Waals surface area contributed by atoms with Crippen LogP contribution in [0, 0.1) is 0 Å². The molecule has 0 aromatic carbocycles. The van der Waals surface area contributed by atoms with E-state index in [-0.39, 0.29) is 5.54 Å². The number of hydrogen-bond acceptors (Lipinski definition) is 4. The van der Waals surface area contributed by atoms with Crippen LogP contribution in [0.15, 0.2) is 18.6 Å². The average Bonchev–Trinajstić information content (AvgIpc) is 2.87. The molecule has 1 saturated carbocycles. The van der Waals surface area contributed by atoms with E-state index in [1.54, 1.807) is 12.4 Å². The summed E-state index contributed by atoms with van der Waals surface area (Å²) >= 11 is 0. The maximum Gasteiger partial charge on any atom is 0.179 e. The van der Waals surface area contributed by atoms with E-state index < -0.39 is 0 Å². The molecule has 5 nitrogen and oxygen atoms in total. The predicted molar refractivity (Wildman–Crippen MR) is 59.9 cm³/mol. The van der Waals surface area contributed by atoms with Crippen LogP contribution in [-0.2, 0) is 6.42 Å². The molecule has 1 aliphatic carbocycles. The first kappa shape index (κ1) is 9.72. The monoisotopic (exact) mass is 217 g/mol. The standard InChI is InChI=1S/C11H15N5/c12-11(3-1-2-4-11)7-9-14-15-10-8-13-5-6-16(9)10/h5-6,8H,1-4,7,12H2.